The van der Waals surface area contributed by atoms with E-state index in [1.165, 1.54) is 7.11 Å². The van der Waals surface area contributed by atoms with Crippen molar-refractivity contribution in [1.29, 1.82) is 0 Å². The molecule has 72 valence electrons. The van der Waals surface area contributed by atoms with Gasteiger partial charge in [-0.15, -0.1) is 0 Å². The van der Waals surface area contributed by atoms with Crippen molar-refractivity contribution in [3.63, 3.8) is 0 Å². The highest BCUT2D eigenvalue weighted by molar-refractivity contribution is 7.91. The van der Waals surface area contributed by atoms with Crippen molar-refractivity contribution in [3.05, 3.63) is 0 Å². The third-order valence-electron chi connectivity index (χ3n) is 1.54. The smallest absolute Gasteiger partial charge is 0.272 e. The molecule has 0 aromatic rings. The Morgan fingerprint density at radius 1 is 1.50 bits per heavy atom. The second kappa shape index (κ2) is 3.82. The maximum absolute atomic E-state index is 10.9. The predicted octanol–water partition coefficient (Wildman–Crippen LogP) is -0.585. The Balaban J connectivity index is 2.43. The molecule has 0 amide bonds. The molecule has 12 heavy (non-hydrogen) atoms. The monoisotopic (exact) mass is 214 g/mol. The molecule has 0 aliphatic carbocycles. The zero-order valence-electron chi connectivity index (χ0n) is 6.56. The lowest BCUT2D eigenvalue weighted by Gasteiger charge is -2.05. The van der Waals surface area contributed by atoms with Gasteiger partial charge in [-0.25, -0.2) is 8.42 Å². The quantitative estimate of drug-likeness (QED) is 0.628. The van der Waals surface area contributed by atoms with Gasteiger partial charge in [-0.2, -0.15) is 4.21 Å². The Hall–Kier alpha value is 0.0200. The van der Waals surface area contributed by atoms with Gasteiger partial charge in [0.2, 0.25) is 0 Å². The van der Waals surface area contributed by atoms with Gasteiger partial charge < -0.3 is 0 Å². The summed E-state index contributed by atoms with van der Waals surface area (Å²) in [6.07, 6.45) is -0.0759. The average Bonchev–Trinajstić information content (AvgIpc) is 2.30. The van der Waals surface area contributed by atoms with Gasteiger partial charge in [-0.05, 0) is 6.42 Å². The second-order valence-corrected chi connectivity index (χ2v) is 5.65. The zero-order chi connectivity index (χ0) is 9.19. The molecule has 0 aromatic heterocycles. The van der Waals surface area contributed by atoms with Crippen LogP contribution in [0.3, 0.4) is 0 Å². The van der Waals surface area contributed by atoms with Gasteiger partial charge in [0.05, 0.1) is 24.7 Å². The number of hydrogen-bond acceptors (Lipinski definition) is 5. The molecule has 0 bridgehead atoms. The summed E-state index contributed by atoms with van der Waals surface area (Å²) in [4.78, 5) is 0. The third kappa shape index (κ3) is 2.81. The second-order valence-electron chi connectivity index (χ2n) is 2.49. The number of hydrogen-bond donors (Lipinski definition) is 0. The van der Waals surface area contributed by atoms with E-state index in [1.807, 2.05) is 0 Å². The van der Waals surface area contributed by atoms with E-state index in [4.69, 9.17) is 4.18 Å². The molecule has 1 aliphatic heterocycles. The molecule has 0 aromatic carbocycles. The summed E-state index contributed by atoms with van der Waals surface area (Å²) in [6.45, 7) is 0. The van der Waals surface area contributed by atoms with Crippen LogP contribution >= 0.6 is 0 Å². The minimum atomic E-state index is -2.96. The van der Waals surface area contributed by atoms with Crippen LogP contribution in [0.1, 0.15) is 6.42 Å². The SMILES string of the molecule is COS(=O)O[C@H]1CCS(=O)(=O)C1. The van der Waals surface area contributed by atoms with Crippen LogP contribution in [0.2, 0.25) is 0 Å². The first kappa shape index (κ1) is 10.1. The van der Waals surface area contributed by atoms with Crippen molar-refractivity contribution in [3.8, 4) is 0 Å². The highest BCUT2D eigenvalue weighted by Gasteiger charge is 2.30. The summed E-state index contributed by atoms with van der Waals surface area (Å²) in [7, 11) is -1.73. The molecular weight excluding hydrogens is 204 g/mol. The molecule has 2 atom stereocenters. The van der Waals surface area contributed by atoms with E-state index in [-0.39, 0.29) is 11.5 Å². The van der Waals surface area contributed by atoms with Crippen molar-refractivity contribution in [1.82, 2.24) is 0 Å². The van der Waals surface area contributed by atoms with E-state index in [0.717, 1.165) is 0 Å². The molecule has 1 fully saturated rings. The highest BCUT2D eigenvalue weighted by atomic mass is 32.2. The van der Waals surface area contributed by atoms with Gasteiger partial charge in [0.1, 0.15) is 0 Å². The Bertz CT molecular complexity index is 270. The fourth-order valence-electron chi connectivity index (χ4n) is 0.987. The molecule has 7 heteroatoms. The summed E-state index contributed by atoms with van der Waals surface area (Å²) in [6, 6.07) is 0. The first-order valence-electron chi connectivity index (χ1n) is 3.37. The van der Waals surface area contributed by atoms with E-state index in [0.29, 0.717) is 6.42 Å². The molecule has 1 rings (SSSR count). The van der Waals surface area contributed by atoms with Gasteiger partial charge >= 0.3 is 11.4 Å². The summed E-state index contributed by atoms with van der Waals surface area (Å²) in [5.41, 5.74) is 0. The fourth-order valence-corrected chi connectivity index (χ4v) is 3.13. The van der Waals surface area contributed by atoms with E-state index in [9.17, 15) is 12.6 Å². The van der Waals surface area contributed by atoms with Crippen molar-refractivity contribution in [2.75, 3.05) is 18.6 Å². The normalized spacial score (nSPS) is 30.2. The van der Waals surface area contributed by atoms with Crippen LogP contribution in [0, 0.1) is 0 Å². The Kier molecular flexibility index (Phi) is 3.22. The van der Waals surface area contributed by atoms with E-state index >= 15 is 0 Å². The minimum Gasteiger partial charge on any atom is -0.272 e. The molecular formula is C5H10O5S2. The maximum Gasteiger partial charge on any atom is 0.304 e. The Morgan fingerprint density at radius 3 is 2.58 bits per heavy atom. The molecule has 0 spiro atoms. The van der Waals surface area contributed by atoms with Gasteiger partial charge in [0, 0.05) is 0 Å². The van der Waals surface area contributed by atoms with Crippen LogP contribution in [-0.4, -0.2) is 37.3 Å². The lowest BCUT2D eigenvalue weighted by atomic mass is 10.3. The summed E-state index contributed by atoms with van der Waals surface area (Å²) < 4.78 is 41.5. The lowest BCUT2D eigenvalue weighted by Crippen LogP contribution is -2.16. The zero-order valence-corrected chi connectivity index (χ0v) is 8.19. The predicted molar refractivity (Wildman–Crippen MR) is 43.3 cm³/mol. The van der Waals surface area contributed by atoms with Gasteiger partial charge in [-0.3, -0.25) is 8.37 Å². The van der Waals surface area contributed by atoms with Gasteiger partial charge in [0.15, 0.2) is 9.84 Å². The summed E-state index contributed by atoms with van der Waals surface area (Å²) >= 11 is -1.81. The topological polar surface area (TPSA) is 69.7 Å². The maximum atomic E-state index is 10.9. The molecule has 1 heterocycles. The van der Waals surface area contributed by atoms with Gasteiger partial charge in [-0.1, -0.05) is 0 Å². The molecule has 1 aliphatic rings. The van der Waals surface area contributed by atoms with Crippen LogP contribution in [0.5, 0.6) is 0 Å². The van der Waals surface area contributed by atoms with E-state index < -0.39 is 27.3 Å². The van der Waals surface area contributed by atoms with Crippen molar-refractivity contribution in [2.45, 2.75) is 12.5 Å². The summed E-state index contributed by atoms with van der Waals surface area (Å²) in [5, 5.41) is 0. The van der Waals surface area contributed by atoms with Crippen LogP contribution in [0.15, 0.2) is 0 Å². The molecule has 1 saturated heterocycles. The first-order valence-corrected chi connectivity index (χ1v) is 6.19. The van der Waals surface area contributed by atoms with Crippen molar-refractivity contribution >= 4 is 21.2 Å². The first-order chi connectivity index (χ1) is 5.53. The standard InChI is InChI=1S/C5H10O5S2/c1-9-11(6)10-5-2-3-12(7,8)4-5/h5H,2-4H2,1H3/t5-,11?/m0/s1. The molecule has 0 radical (unpaired) electrons. The van der Waals surface area contributed by atoms with Crippen LogP contribution in [0.25, 0.3) is 0 Å². The van der Waals surface area contributed by atoms with Crippen LogP contribution in [0.4, 0.5) is 0 Å². The number of rotatable bonds is 3. The molecule has 0 N–H and O–H groups in total. The Morgan fingerprint density at radius 2 is 2.17 bits per heavy atom. The van der Waals surface area contributed by atoms with Crippen molar-refractivity contribution < 1.29 is 21.0 Å². The minimum absolute atomic E-state index is 0.0535. The van der Waals surface area contributed by atoms with E-state index in [2.05, 4.69) is 4.18 Å². The summed E-state index contributed by atoms with van der Waals surface area (Å²) in [5.74, 6) is 0.0562. The average molecular weight is 214 g/mol. The van der Waals surface area contributed by atoms with Crippen LogP contribution < -0.4 is 0 Å². The molecule has 0 saturated carbocycles. The lowest BCUT2D eigenvalue weighted by molar-refractivity contribution is 0.216. The third-order valence-corrected chi connectivity index (χ3v) is 3.98. The highest BCUT2D eigenvalue weighted by Crippen LogP contribution is 2.15. The molecule has 1 unspecified atom stereocenters. The van der Waals surface area contributed by atoms with Crippen molar-refractivity contribution in [2.24, 2.45) is 0 Å². The van der Waals surface area contributed by atoms with E-state index in [1.54, 1.807) is 0 Å². The fraction of sp³-hybridized carbons (Fsp3) is 1.00. The largest absolute Gasteiger partial charge is 0.304 e. The Labute approximate surface area is 73.8 Å². The number of sulfone groups is 1. The molecule has 5 nitrogen and oxygen atoms in total. The van der Waals surface area contributed by atoms with Gasteiger partial charge in [0.25, 0.3) is 0 Å². The van der Waals surface area contributed by atoms with Crippen LogP contribution in [-0.2, 0) is 29.6 Å².